The number of aryl methyl sites for hydroxylation is 1. The van der Waals surface area contributed by atoms with Crippen LogP contribution in [0.4, 0.5) is 0 Å². The van der Waals surface area contributed by atoms with Crippen LogP contribution in [-0.4, -0.2) is 44.3 Å². The Balaban J connectivity index is 1.31. The molecule has 35 heavy (non-hydrogen) atoms. The van der Waals surface area contributed by atoms with Gasteiger partial charge in [0, 0.05) is 24.9 Å². The van der Waals surface area contributed by atoms with Gasteiger partial charge in [0.05, 0.1) is 17.2 Å². The van der Waals surface area contributed by atoms with Crippen LogP contribution < -0.4 is 4.74 Å². The van der Waals surface area contributed by atoms with Gasteiger partial charge in [0.1, 0.15) is 15.8 Å². The van der Waals surface area contributed by atoms with Crippen molar-refractivity contribution in [2.45, 2.75) is 26.2 Å². The van der Waals surface area contributed by atoms with Gasteiger partial charge in [-0.05, 0) is 49.2 Å². The number of thioether (sulfide) groups is 1. The number of carboxylic acids is 1. The van der Waals surface area contributed by atoms with E-state index in [2.05, 4.69) is 4.98 Å². The third-order valence-corrected chi connectivity index (χ3v) is 6.72. The molecule has 2 aromatic carbocycles. The number of aromatic nitrogens is 1. The number of thiocarbonyl (C=S) groups is 1. The number of aliphatic carboxylic acids is 1. The van der Waals surface area contributed by atoms with E-state index in [0.717, 1.165) is 22.6 Å². The van der Waals surface area contributed by atoms with E-state index in [1.165, 1.54) is 16.7 Å². The fraction of sp³-hybridized carbons (Fsp3) is 0.231. The molecular weight excluding hydrogens is 484 g/mol. The molecule has 0 aliphatic carbocycles. The highest BCUT2D eigenvalue weighted by Crippen LogP contribution is 2.33. The highest BCUT2D eigenvalue weighted by Gasteiger charge is 2.31. The molecular formula is C26H24N2O5S2. The van der Waals surface area contributed by atoms with Gasteiger partial charge in [-0.1, -0.05) is 54.3 Å². The third-order valence-electron chi connectivity index (χ3n) is 5.34. The number of benzene rings is 2. The van der Waals surface area contributed by atoms with E-state index in [-0.39, 0.29) is 12.3 Å². The molecule has 0 atom stereocenters. The molecule has 1 amide bonds. The van der Waals surface area contributed by atoms with Crippen LogP contribution in [0.5, 0.6) is 5.75 Å². The number of rotatable bonds is 10. The van der Waals surface area contributed by atoms with Crippen LogP contribution in [0.15, 0.2) is 63.9 Å². The minimum atomic E-state index is -0.888. The summed E-state index contributed by atoms with van der Waals surface area (Å²) in [5.74, 6) is 1.02. The first-order chi connectivity index (χ1) is 16.9. The first-order valence-electron chi connectivity index (χ1n) is 11.1. The van der Waals surface area contributed by atoms with E-state index in [9.17, 15) is 9.59 Å². The molecule has 0 unspecified atom stereocenters. The Morgan fingerprint density at radius 2 is 1.94 bits per heavy atom. The fourth-order valence-corrected chi connectivity index (χ4v) is 4.83. The lowest BCUT2D eigenvalue weighted by molar-refractivity contribution is -0.137. The van der Waals surface area contributed by atoms with Crippen molar-refractivity contribution in [3.63, 3.8) is 0 Å². The molecule has 1 fully saturated rings. The maximum Gasteiger partial charge on any atom is 0.303 e. The normalized spacial score (nSPS) is 14.7. The summed E-state index contributed by atoms with van der Waals surface area (Å²) in [5, 5.41) is 8.79. The topological polar surface area (TPSA) is 92.9 Å². The van der Waals surface area contributed by atoms with Crippen LogP contribution >= 0.6 is 24.0 Å². The van der Waals surface area contributed by atoms with Crippen LogP contribution in [0.2, 0.25) is 0 Å². The minimum Gasteiger partial charge on any atom is -0.493 e. The van der Waals surface area contributed by atoms with Crippen molar-refractivity contribution in [3.8, 4) is 17.2 Å². The summed E-state index contributed by atoms with van der Waals surface area (Å²) in [5.41, 5.74) is 2.66. The fourth-order valence-electron chi connectivity index (χ4n) is 3.52. The standard InChI is InChI=1S/C26H24N2O5S2/c1-17-21(27-24(33-17)19-6-3-2-4-7-19)13-15-32-20-11-9-18(10-12-20)16-22-25(31)28(26(34)35-22)14-5-8-23(29)30/h2-4,6-7,9-12,16H,5,8,13-15H2,1H3,(H,29,30)/b22-16-. The Labute approximate surface area is 212 Å². The molecule has 1 aliphatic heterocycles. The second kappa shape index (κ2) is 11.3. The first kappa shape index (κ1) is 24.7. The predicted octanol–water partition coefficient (Wildman–Crippen LogP) is 5.34. The Morgan fingerprint density at radius 3 is 2.66 bits per heavy atom. The molecule has 1 aliphatic rings. The molecule has 7 nitrogen and oxygen atoms in total. The lowest BCUT2D eigenvalue weighted by Gasteiger charge is -2.13. The largest absolute Gasteiger partial charge is 0.493 e. The van der Waals surface area contributed by atoms with E-state index in [0.29, 0.717) is 46.9 Å². The zero-order chi connectivity index (χ0) is 24.8. The average molecular weight is 509 g/mol. The first-order valence-corrected chi connectivity index (χ1v) is 12.3. The average Bonchev–Trinajstić information content (AvgIpc) is 3.34. The Hall–Kier alpha value is -3.43. The van der Waals surface area contributed by atoms with Crippen LogP contribution in [0.3, 0.4) is 0 Å². The van der Waals surface area contributed by atoms with Gasteiger partial charge < -0.3 is 14.3 Å². The van der Waals surface area contributed by atoms with E-state index in [1.54, 1.807) is 6.08 Å². The van der Waals surface area contributed by atoms with Gasteiger partial charge in [-0.2, -0.15) is 0 Å². The Morgan fingerprint density at radius 1 is 1.20 bits per heavy atom. The summed E-state index contributed by atoms with van der Waals surface area (Å²) in [6, 6.07) is 17.2. The van der Waals surface area contributed by atoms with Crippen molar-refractivity contribution in [1.82, 2.24) is 9.88 Å². The lowest BCUT2D eigenvalue weighted by Crippen LogP contribution is -2.29. The SMILES string of the molecule is Cc1oc(-c2ccccc2)nc1CCOc1ccc(/C=C2\SC(=S)N(CCCC(=O)O)C2=O)cc1. The van der Waals surface area contributed by atoms with E-state index < -0.39 is 5.97 Å². The second-order valence-corrected chi connectivity index (χ2v) is 9.56. The lowest BCUT2D eigenvalue weighted by atomic mass is 10.2. The van der Waals surface area contributed by atoms with Gasteiger partial charge >= 0.3 is 5.97 Å². The van der Waals surface area contributed by atoms with Crippen molar-refractivity contribution in [1.29, 1.82) is 0 Å². The van der Waals surface area contributed by atoms with Crippen molar-refractivity contribution in [3.05, 3.63) is 76.5 Å². The number of oxazole rings is 1. The van der Waals surface area contributed by atoms with Crippen molar-refractivity contribution in [2.75, 3.05) is 13.2 Å². The minimum absolute atomic E-state index is 0.00197. The summed E-state index contributed by atoms with van der Waals surface area (Å²) in [6.45, 7) is 2.66. The molecule has 1 N–H and O–H groups in total. The van der Waals surface area contributed by atoms with Crippen molar-refractivity contribution < 1.29 is 23.8 Å². The van der Waals surface area contributed by atoms with Gasteiger partial charge in [-0.3, -0.25) is 14.5 Å². The van der Waals surface area contributed by atoms with Crippen LogP contribution in [0.25, 0.3) is 17.5 Å². The second-order valence-electron chi connectivity index (χ2n) is 7.89. The maximum absolute atomic E-state index is 12.6. The van der Waals surface area contributed by atoms with E-state index >= 15 is 0 Å². The molecule has 4 rings (SSSR count). The van der Waals surface area contributed by atoms with E-state index in [1.807, 2.05) is 61.5 Å². The zero-order valence-corrected chi connectivity index (χ0v) is 20.7. The molecule has 0 spiro atoms. The molecule has 0 saturated carbocycles. The van der Waals surface area contributed by atoms with Crippen LogP contribution in [0, 0.1) is 6.92 Å². The number of hydrogen-bond donors (Lipinski definition) is 1. The van der Waals surface area contributed by atoms with Crippen molar-refractivity contribution in [2.24, 2.45) is 0 Å². The molecule has 3 aromatic rings. The highest BCUT2D eigenvalue weighted by atomic mass is 32.2. The summed E-state index contributed by atoms with van der Waals surface area (Å²) >= 11 is 6.51. The monoisotopic (exact) mass is 508 g/mol. The van der Waals surface area contributed by atoms with Crippen LogP contribution in [0.1, 0.15) is 29.9 Å². The molecule has 1 saturated heterocycles. The summed E-state index contributed by atoms with van der Waals surface area (Å²) in [4.78, 5) is 29.9. The quantitative estimate of drug-likeness (QED) is 0.290. The third kappa shape index (κ3) is 6.37. The zero-order valence-electron chi connectivity index (χ0n) is 19.1. The molecule has 2 heterocycles. The maximum atomic E-state index is 12.6. The molecule has 9 heteroatoms. The summed E-state index contributed by atoms with van der Waals surface area (Å²) in [7, 11) is 0. The molecule has 0 radical (unpaired) electrons. The van der Waals surface area contributed by atoms with Gasteiger partial charge in [0.15, 0.2) is 0 Å². The predicted molar refractivity (Wildman–Crippen MR) is 139 cm³/mol. The van der Waals surface area contributed by atoms with Crippen LogP contribution in [-0.2, 0) is 16.0 Å². The number of carbonyl (C=O) groups is 2. The number of nitrogens with zero attached hydrogens (tertiary/aromatic N) is 2. The molecule has 0 bridgehead atoms. The van der Waals surface area contributed by atoms with Gasteiger partial charge in [0.2, 0.25) is 5.89 Å². The Kier molecular flexibility index (Phi) is 7.99. The van der Waals surface area contributed by atoms with Crippen molar-refractivity contribution >= 4 is 46.3 Å². The molecule has 180 valence electrons. The number of carbonyl (C=O) groups excluding carboxylic acids is 1. The molecule has 1 aromatic heterocycles. The van der Waals surface area contributed by atoms with Gasteiger partial charge in [0.25, 0.3) is 5.91 Å². The summed E-state index contributed by atoms with van der Waals surface area (Å²) in [6.07, 6.45) is 2.77. The highest BCUT2D eigenvalue weighted by molar-refractivity contribution is 8.26. The van der Waals surface area contributed by atoms with Gasteiger partial charge in [-0.15, -0.1) is 0 Å². The summed E-state index contributed by atoms with van der Waals surface area (Å²) < 4.78 is 12.1. The number of carboxylic acid groups (broad SMARTS) is 1. The number of ether oxygens (including phenoxy) is 1. The smallest absolute Gasteiger partial charge is 0.303 e. The van der Waals surface area contributed by atoms with Gasteiger partial charge in [-0.25, -0.2) is 4.98 Å². The Bertz CT molecular complexity index is 1250. The van der Waals surface area contributed by atoms with E-state index in [4.69, 9.17) is 26.5 Å². The number of hydrogen-bond acceptors (Lipinski definition) is 7. The number of amides is 1.